The second-order valence-corrected chi connectivity index (χ2v) is 6.67. The number of ether oxygens (including phenoxy) is 2. The lowest BCUT2D eigenvalue weighted by molar-refractivity contribution is -0.121. The molecule has 0 atom stereocenters. The Hall–Kier alpha value is -2.05. The molecule has 0 aliphatic carbocycles. The monoisotopic (exact) mass is 361 g/mol. The van der Waals surface area contributed by atoms with E-state index in [4.69, 9.17) is 21.7 Å². The number of methoxy groups -OCH3 is 2. The van der Waals surface area contributed by atoms with Crippen molar-refractivity contribution < 1.29 is 14.3 Å². The molecule has 1 fully saturated rings. The molecule has 24 heavy (non-hydrogen) atoms. The maximum absolute atomic E-state index is 12.4. The lowest BCUT2D eigenvalue weighted by Crippen LogP contribution is -2.27. The van der Waals surface area contributed by atoms with Gasteiger partial charge < -0.3 is 9.47 Å². The van der Waals surface area contributed by atoms with E-state index < -0.39 is 0 Å². The van der Waals surface area contributed by atoms with Gasteiger partial charge in [0.25, 0.3) is 5.91 Å². The average molecular weight is 361 g/mol. The predicted molar refractivity (Wildman–Crippen MR) is 104 cm³/mol. The van der Waals surface area contributed by atoms with Crippen LogP contribution in [0.2, 0.25) is 0 Å². The van der Waals surface area contributed by atoms with Gasteiger partial charge in [0.2, 0.25) is 0 Å². The van der Waals surface area contributed by atoms with Crippen LogP contribution in [0.15, 0.2) is 42.3 Å². The van der Waals surface area contributed by atoms with Crippen molar-refractivity contribution in [3.63, 3.8) is 0 Å². The number of amides is 1. The number of rotatable bonds is 7. The smallest absolute Gasteiger partial charge is 0.266 e. The van der Waals surface area contributed by atoms with Crippen molar-refractivity contribution in [2.24, 2.45) is 0 Å². The molecule has 0 radical (unpaired) electrons. The molecule has 0 spiro atoms. The molecule has 1 saturated heterocycles. The zero-order chi connectivity index (χ0) is 17.7. The van der Waals surface area contributed by atoms with E-state index in [2.05, 4.69) is 13.2 Å². The van der Waals surface area contributed by atoms with E-state index in [9.17, 15) is 4.79 Å². The molecule has 1 amide bonds. The highest BCUT2D eigenvalue weighted by atomic mass is 32.2. The van der Waals surface area contributed by atoms with Crippen LogP contribution < -0.4 is 9.47 Å². The summed E-state index contributed by atoms with van der Waals surface area (Å²) in [5.74, 6) is 1.18. The van der Waals surface area contributed by atoms with Gasteiger partial charge in [0, 0.05) is 12.1 Å². The molecule has 1 heterocycles. The fraction of sp³-hybridized carbons (Fsp3) is 0.222. The van der Waals surface area contributed by atoms with Crippen LogP contribution in [0.3, 0.4) is 0 Å². The first kappa shape index (κ1) is 18.3. The van der Waals surface area contributed by atoms with Crippen LogP contribution in [0.1, 0.15) is 11.1 Å². The van der Waals surface area contributed by atoms with Gasteiger partial charge in [-0.1, -0.05) is 36.1 Å². The minimum Gasteiger partial charge on any atom is -0.493 e. The standard InChI is InChI=1S/C18H19NO3S2/c1-5-7-13-9-12(10-14(21-3)16(13)22-4)11-15-17(20)19(8-6-2)18(23)24-15/h5-6,9-11H,1-2,7-8H2,3-4H3/b15-11+. The van der Waals surface area contributed by atoms with Crippen LogP contribution in [0.5, 0.6) is 11.5 Å². The minimum atomic E-state index is -0.107. The largest absolute Gasteiger partial charge is 0.493 e. The van der Waals surface area contributed by atoms with E-state index in [-0.39, 0.29) is 5.91 Å². The first-order valence-corrected chi connectivity index (χ1v) is 8.50. The topological polar surface area (TPSA) is 38.8 Å². The van der Waals surface area contributed by atoms with Gasteiger partial charge in [0.15, 0.2) is 11.5 Å². The SMILES string of the molecule is C=CCc1cc(/C=C2/SC(=S)N(CC=C)C2=O)cc(OC)c1OC. The second kappa shape index (κ2) is 8.17. The first-order valence-electron chi connectivity index (χ1n) is 7.27. The summed E-state index contributed by atoms with van der Waals surface area (Å²) in [7, 11) is 3.19. The number of carbonyl (C=O) groups excluding carboxylic acids is 1. The van der Waals surface area contributed by atoms with Crippen molar-refractivity contribution in [1.82, 2.24) is 4.90 Å². The summed E-state index contributed by atoms with van der Waals surface area (Å²) in [6, 6.07) is 3.80. The minimum absolute atomic E-state index is 0.107. The van der Waals surface area contributed by atoms with Crippen LogP contribution in [0.4, 0.5) is 0 Å². The van der Waals surface area contributed by atoms with E-state index >= 15 is 0 Å². The summed E-state index contributed by atoms with van der Waals surface area (Å²) in [4.78, 5) is 14.5. The fourth-order valence-corrected chi connectivity index (χ4v) is 3.67. The summed E-state index contributed by atoms with van der Waals surface area (Å²) in [6.07, 6.45) is 5.91. The molecule has 0 saturated carbocycles. The number of nitrogens with zero attached hydrogens (tertiary/aromatic N) is 1. The molecule has 4 nitrogen and oxygen atoms in total. The Kier molecular flexibility index (Phi) is 6.23. The van der Waals surface area contributed by atoms with E-state index in [1.807, 2.05) is 18.2 Å². The van der Waals surface area contributed by atoms with Gasteiger partial charge in [-0.05, 0) is 30.2 Å². The lowest BCUT2D eigenvalue weighted by Gasteiger charge is -2.13. The Morgan fingerprint density at radius 3 is 2.58 bits per heavy atom. The van der Waals surface area contributed by atoms with Gasteiger partial charge >= 0.3 is 0 Å². The lowest BCUT2D eigenvalue weighted by atomic mass is 10.0. The molecule has 0 aromatic heterocycles. The molecule has 126 valence electrons. The van der Waals surface area contributed by atoms with Crippen molar-refractivity contribution in [1.29, 1.82) is 0 Å². The van der Waals surface area contributed by atoms with Crippen LogP contribution in [-0.2, 0) is 11.2 Å². The maximum Gasteiger partial charge on any atom is 0.266 e. The number of carbonyl (C=O) groups is 1. The number of allylic oxidation sites excluding steroid dienone is 1. The van der Waals surface area contributed by atoms with Crippen molar-refractivity contribution in [2.45, 2.75) is 6.42 Å². The van der Waals surface area contributed by atoms with Crippen molar-refractivity contribution in [3.05, 3.63) is 53.5 Å². The molecule has 1 aliphatic rings. The Balaban J connectivity index is 2.44. The van der Waals surface area contributed by atoms with E-state index in [1.54, 1.807) is 26.4 Å². The summed E-state index contributed by atoms with van der Waals surface area (Å²) in [6.45, 7) is 7.84. The van der Waals surface area contributed by atoms with Crippen molar-refractivity contribution in [2.75, 3.05) is 20.8 Å². The second-order valence-electron chi connectivity index (χ2n) is 4.99. The Morgan fingerprint density at radius 2 is 2.00 bits per heavy atom. The highest BCUT2D eigenvalue weighted by Crippen LogP contribution is 2.36. The van der Waals surface area contributed by atoms with E-state index in [0.29, 0.717) is 33.7 Å². The van der Waals surface area contributed by atoms with Gasteiger partial charge in [-0.3, -0.25) is 9.69 Å². The molecule has 0 unspecified atom stereocenters. The van der Waals surface area contributed by atoms with Crippen LogP contribution in [0, 0.1) is 0 Å². The summed E-state index contributed by atoms with van der Waals surface area (Å²) in [5.41, 5.74) is 1.79. The van der Waals surface area contributed by atoms with Gasteiger partial charge in [0.1, 0.15) is 4.32 Å². The number of thiocarbonyl (C=S) groups is 1. The molecule has 2 rings (SSSR count). The molecular weight excluding hydrogens is 342 g/mol. The highest BCUT2D eigenvalue weighted by Gasteiger charge is 2.31. The van der Waals surface area contributed by atoms with Crippen LogP contribution in [0.25, 0.3) is 6.08 Å². The zero-order valence-corrected chi connectivity index (χ0v) is 15.3. The Labute approximate surface area is 151 Å². The number of hydrogen-bond donors (Lipinski definition) is 0. The summed E-state index contributed by atoms with van der Waals surface area (Å²) in [5, 5.41) is 0. The third kappa shape index (κ3) is 3.71. The van der Waals surface area contributed by atoms with Crippen molar-refractivity contribution >= 4 is 40.3 Å². The van der Waals surface area contributed by atoms with Gasteiger partial charge in [-0.2, -0.15) is 0 Å². The van der Waals surface area contributed by atoms with Crippen LogP contribution >= 0.6 is 24.0 Å². The molecule has 1 aromatic carbocycles. The number of hydrogen-bond acceptors (Lipinski definition) is 5. The first-order chi connectivity index (χ1) is 11.5. The molecule has 1 aromatic rings. The van der Waals surface area contributed by atoms with Gasteiger partial charge in [-0.15, -0.1) is 13.2 Å². The summed E-state index contributed by atoms with van der Waals surface area (Å²) < 4.78 is 11.4. The molecule has 1 aliphatic heterocycles. The molecule has 0 N–H and O–H groups in total. The number of thioether (sulfide) groups is 1. The van der Waals surface area contributed by atoms with Gasteiger partial charge in [-0.25, -0.2) is 0 Å². The zero-order valence-electron chi connectivity index (χ0n) is 13.7. The Morgan fingerprint density at radius 1 is 1.25 bits per heavy atom. The molecule has 0 bridgehead atoms. The average Bonchev–Trinajstić information content (AvgIpc) is 2.82. The predicted octanol–water partition coefficient (Wildman–Crippen LogP) is 3.82. The highest BCUT2D eigenvalue weighted by molar-refractivity contribution is 8.26. The third-order valence-corrected chi connectivity index (χ3v) is 4.80. The third-order valence-electron chi connectivity index (χ3n) is 3.43. The van der Waals surface area contributed by atoms with Crippen LogP contribution in [-0.4, -0.2) is 35.9 Å². The maximum atomic E-state index is 12.4. The van der Waals surface area contributed by atoms with E-state index in [0.717, 1.165) is 11.1 Å². The van der Waals surface area contributed by atoms with Gasteiger partial charge in [0.05, 0.1) is 19.1 Å². The molecular formula is C18H19NO3S2. The number of benzene rings is 1. The van der Waals surface area contributed by atoms with E-state index in [1.165, 1.54) is 16.7 Å². The normalized spacial score (nSPS) is 15.8. The summed E-state index contributed by atoms with van der Waals surface area (Å²) >= 11 is 6.54. The van der Waals surface area contributed by atoms with Crippen molar-refractivity contribution in [3.8, 4) is 11.5 Å². The fourth-order valence-electron chi connectivity index (χ4n) is 2.40. The quantitative estimate of drug-likeness (QED) is 0.419. The molecule has 6 heteroatoms. The Bertz CT molecular complexity index is 725.